The highest BCUT2D eigenvalue weighted by atomic mass is 16.3. The van der Waals surface area contributed by atoms with Gasteiger partial charge in [0.25, 0.3) is 0 Å². The predicted molar refractivity (Wildman–Crippen MR) is 129 cm³/mol. The standard InChI is InChI=1S/C28H45NO2/c1-5-21-12-14-29(18-21)17-19(2)24-10-11-25-23(7-6-13-28(24,25)4)9-8-22-15-26(30)20(3)27(31)16-22/h8-9,19,21,24-27,30-31H,3,5-7,10-18H2,1-2,4H3/b23-9+/t19?,21-,24+,25-,26+,27+,28+/m0/s1. The summed E-state index contributed by atoms with van der Waals surface area (Å²) in [7, 11) is 0. The van der Waals surface area contributed by atoms with Gasteiger partial charge in [0.1, 0.15) is 0 Å². The van der Waals surface area contributed by atoms with Gasteiger partial charge >= 0.3 is 0 Å². The molecule has 0 spiro atoms. The lowest BCUT2D eigenvalue weighted by atomic mass is 9.61. The van der Waals surface area contributed by atoms with E-state index in [1.165, 1.54) is 64.6 Å². The fraction of sp³-hybridized carbons (Fsp3) is 0.786. The Hall–Kier alpha value is -0.900. The third kappa shape index (κ3) is 4.75. The molecule has 7 atom stereocenters. The van der Waals surface area contributed by atoms with Gasteiger partial charge in [0, 0.05) is 13.1 Å². The van der Waals surface area contributed by atoms with E-state index in [-0.39, 0.29) is 0 Å². The molecule has 4 rings (SSSR count). The molecule has 3 nitrogen and oxygen atoms in total. The first kappa shape index (κ1) is 23.3. The van der Waals surface area contributed by atoms with Gasteiger partial charge < -0.3 is 15.1 Å². The highest BCUT2D eigenvalue weighted by Gasteiger charge is 2.50. The van der Waals surface area contributed by atoms with Crippen LogP contribution in [0.3, 0.4) is 0 Å². The van der Waals surface area contributed by atoms with Gasteiger partial charge in [-0.25, -0.2) is 0 Å². The van der Waals surface area contributed by atoms with Crippen LogP contribution in [0.2, 0.25) is 0 Å². The van der Waals surface area contributed by atoms with Crippen LogP contribution < -0.4 is 0 Å². The van der Waals surface area contributed by atoms with Crippen molar-refractivity contribution >= 4 is 0 Å². The predicted octanol–water partition coefficient (Wildman–Crippen LogP) is 5.50. The average Bonchev–Trinajstić information content (AvgIpc) is 3.33. The van der Waals surface area contributed by atoms with Crippen LogP contribution in [0.4, 0.5) is 0 Å². The number of aliphatic hydroxyl groups excluding tert-OH is 2. The highest BCUT2D eigenvalue weighted by molar-refractivity contribution is 5.29. The van der Waals surface area contributed by atoms with Crippen LogP contribution in [0.5, 0.6) is 0 Å². The molecule has 3 saturated carbocycles. The molecule has 1 saturated heterocycles. The number of fused-ring (bicyclic) bond motifs is 1. The molecule has 4 fully saturated rings. The molecule has 0 bridgehead atoms. The Morgan fingerprint density at radius 3 is 2.58 bits per heavy atom. The number of nitrogens with zero attached hydrogens (tertiary/aromatic N) is 1. The number of rotatable bonds is 5. The summed E-state index contributed by atoms with van der Waals surface area (Å²) in [5.41, 5.74) is 3.79. The van der Waals surface area contributed by atoms with E-state index >= 15 is 0 Å². The molecular formula is C28H45NO2. The molecular weight excluding hydrogens is 382 g/mol. The van der Waals surface area contributed by atoms with E-state index in [0.29, 0.717) is 29.7 Å². The second-order valence-corrected chi connectivity index (χ2v) is 11.5. The Kier molecular flexibility index (Phi) is 7.15. The quantitative estimate of drug-likeness (QED) is 0.570. The minimum atomic E-state index is -0.598. The largest absolute Gasteiger partial charge is 0.388 e. The van der Waals surface area contributed by atoms with E-state index < -0.39 is 12.2 Å². The van der Waals surface area contributed by atoms with Crippen molar-refractivity contribution < 1.29 is 10.2 Å². The summed E-state index contributed by atoms with van der Waals surface area (Å²) in [6, 6.07) is 0. The fourth-order valence-electron chi connectivity index (χ4n) is 7.59. The van der Waals surface area contributed by atoms with Gasteiger partial charge in [0.05, 0.1) is 12.2 Å². The fourth-order valence-corrected chi connectivity index (χ4v) is 7.59. The molecule has 0 amide bonds. The molecule has 1 aliphatic heterocycles. The molecule has 4 aliphatic rings. The molecule has 0 aromatic heterocycles. The minimum Gasteiger partial charge on any atom is -0.388 e. The zero-order valence-electron chi connectivity index (χ0n) is 20.2. The van der Waals surface area contributed by atoms with Crippen LogP contribution >= 0.6 is 0 Å². The molecule has 0 aromatic carbocycles. The minimum absolute atomic E-state index is 0.436. The number of likely N-dealkylation sites (tertiary alicyclic amines) is 1. The topological polar surface area (TPSA) is 43.7 Å². The van der Waals surface area contributed by atoms with E-state index in [1.54, 1.807) is 5.57 Å². The van der Waals surface area contributed by atoms with Crippen molar-refractivity contribution in [3.05, 3.63) is 35.5 Å². The van der Waals surface area contributed by atoms with Crippen molar-refractivity contribution in [1.82, 2.24) is 4.90 Å². The molecule has 0 aromatic rings. The highest BCUT2D eigenvalue weighted by Crippen LogP contribution is 2.59. The summed E-state index contributed by atoms with van der Waals surface area (Å²) in [5.74, 6) is 3.24. The number of hydrogen-bond acceptors (Lipinski definition) is 3. The first-order valence-corrected chi connectivity index (χ1v) is 13.0. The number of hydrogen-bond donors (Lipinski definition) is 2. The SMILES string of the molecule is C=C1[C@H](O)CC(=C/C=C2\CCC[C@]3(C)[C@@H](C(C)CN4CC[C@H](CC)C4)CC[C@@H]23)C[C@H]1O. The average molecular weight is 428 g/mol. The lowest BCUT2D eigenvalue weighted by Gasteiger charge is -2.45. The Morgan fingerprint density at radius 2 is 1.90 bits per heavy atom. The van der Waals surface area contributed by atoms with Crippen LogP contribution in [0.25, 0.3) is 0 Å². The first-order chi connectivity index (χ1) is 14.8. The van der Waals surface area contributed by atoms with Gasteiger partial charge in [-0.15, -0.1) is 0 Å². The van der Waals surface area contributed by atoms with Crippen LogP contribution in [-0.2, 0) is 0 Å². The van der Waals surface area contributed by atoms with Crippen LogP contribution in [0.1, 0.15) is 78.6 Å². The van der Waals surface area contributed by atoms with Crippen LogP contribution in [-0.4, -0.2) is 47.0 Å². The van der Waals surface area contributed by atoms with E-state index in [9.17, 15) is 10.2 Å². The van der Waals surface area contributed by atoms with Crippen molar-refractivity contribution in [2.45, 2.75) is 90.8 Å². The van der Waals surface area contributed by atoms with Gasteiger partial charge in [0.2, 0.25) is 0 Å². The zero-order valence-corrected chi connectivity index (χ0v) is 20.2. The van der Waals surface area contributed by atoms with Gasteiger partial charge in [-0.05, 0) is 92.6 Å². The van der Waals surface area contributed by atoms with E-state index in [2.05, 4.69) is 44.4 Å². The maximum Gasteiger partial charge on any atom is 0.0809 e. The molecule has 3 heteroatoms. The van der Waals surface area contributed by atoms with Gasteiger partial charge in [-0.1, -0.05) is 57.1 Å². The second-order valence-electron chi connectivity index (χ2n) is 11.5. The summed E-state index contributed by atoms with van der Waals surface area (Å²) in [4.78, 5) is 2.74. The molecule has 3 aliphatic carbocycles. The Balaban J connectivity index is 1.43. The van der Waals surface area contributed by atoms with Crippen molar-refractivity contribution in [1.29, 1.82) is 0 Å². The summed E-state index contributed by atoms with van der Waals surface area (Å²) < 4.78 is 0. The van der Waals surface area contributed by atoms with Crippen molar-refractivity contribution in [3.8, 4) is 0 Å². The molecule has 2 N–H and O–H groups in total. The Morgan fingerprint density at radius 1 is 1.16 bits per heavy atom. The summed E-state index contributed by atoms with van der Waals surface area (Å²) in [6.45, 7) is 15.2. The second kappa shape index (κ2) is 9.53. The van der Waals surface area contributed by atoms with E-state index in [0.717, 1.165) is 23.3 Å². The maximum absolute atomic E-state index is 10.2. The molecule has 174 valence electrons. The van der Waals surface area contributed by atoms with Crippen LogP contribution in [0.15, 0.2) is 35.5 Å². The normalized spacial score (nSPS) is 41.6. The third-order valence-electron chi connectivity index (χ3n) is 9.52. The van der Waals surface area contributed by atoms with Crippen LogP contribution in [0, 0.1) is 29.1 Å². The lowest BCUT2D eigenvalue weighted by Crippen LogP contribution is -2.39. The molecule has 0 radical (unpaired) electrons. The number of allylic oxidation sites excluding steroid dienone is 3. The maximum atomic E-state index is 10.2. The summed E-state index contributed by atoms with van der Waals surface area (Å²) in [6.07, 6.45) is 13.9. The molecule has 1 heterocycles. The van der Waals surface area contributed by atoms with E-state index in [4.69, 9.17) is 0 Å². The monoisotopic (exact) mass is 427 g/mol. The first-order valence-electron chi connectivity index (χ1n) is 13.0. The van der Waals surface area contributed by atoms with E-state index in [1.807, 2.05) is 0 Å². The summed E-state index contributed by atoms with van der Waals surface area (Å²) >= 11 is 0. The number of aliphatic hydroxyl groups is 2. The third-order valence-corrected chi connectivity index (χ3v) is 9.52. The molecule has 1 unspecified atom stereocenters. The van der Waals surface area contributed by atoms with Crippen molar-refractivity contribution in [2.24, 2.45) is 29.1 Å². The van der Waals surface area contributed by atoms with Gasteiger partial charge in [-0.2, -0.15) is 0 Å². The Bertz CT molecular complexity index is 709. The van der Waals surface area contributed by atoms with Crippen molar-refractivity contribution in [3.63, 3.8) is 0 Å². The Labute approximate surface area is 190 Å². The lowest BCUT2D eigenvalue weighted by molar-refractivity contribution is 0.0816. The smallest absolute Gasteiger partial charge is 0.0809 e. The van der Waals surface area contributed by atoms with Crippen molar-refractivity contribution in [2.75, 3.05) is 19.6 Å². The van der Waals surface area contributed by atoms with Gasteiger partial charge in [0.15, 0.2) is 0 Å². The summed E-state index contributed by atoms with van der Waals surface area (Å²) in [5, 5.41) is 20.3. The van der Waals surface area contributed by atoms with Gasteiger partial charge in [-0.3, -0.25) is 0 Å². The zero-order chi connectivity index (χ0) is 22.2. The molecule has 31 heavy (non-hydrogen) atoms.